The van der Waals surface area contributed by atoms with Gasteiger partial charge in [0.15, 0.2) is 15.7 Å². The minimum absolute atomic E-state index is 0.0278. The van der Waals surface area contributed by atoms with Gasteiger partial charge in [-0.05, 0) is 59.5 Å². The highest BCUT2D eigenvalue weighted by Gasteiger charge is 2.36. The lowest BCUT2D eigenvalue weighted by Gasteiger charge is -2.33. The summed E-state index contributed by atoms with van der Waals surface area (Å²) in [6.45, 7) is 0.110. The number of carbonyl (C=O) groups excluding carboxylic acids is 1. The lowest BCUT2D eigenvalue weighted by Crippen LogP contribution is -2.52. The molecule has 1 saturated heterocycles. The van der Waals surface area contributed by atoms with Crippen molar-refractivity contribution in [1.29, 1.82) is 0 Å². The Kier molecular flexibility index (Phi) is 7.23. The van der Waals surface area contributed by atoms with Crippen LogP contribution < -0.4 is 9.62 Å². The maximum atomic E-state index is 15.9. The molecule has 0 radical (unpaired) electrons. The molecule has 0 aliphatic carbocycles. The van der Waals surface area contributed by atoms with Crippen LogP contribution >= 0.6 is 11.6 Å². The van der Waals surface area contributed by atoms with Crippen molar-refractivity contribution >= 4 is 53.8 Å². The second-order valence-electron chi connectivity index (χ2n) is 9.37. The molecule has 5 rings (SSSR count). The molecule has 1 atom stereocenters. The molecular weight excluding hydrogens is 563 g/mol. The van der Waals surface area contributed by atoms with Crippen molar-refractivity contribution in [2.75, 3.05) is 17.7 Å². The van der Waals surface area contributed by atoms with Crippen LogP contribution in [0.1, 0.15) is 12.8 Å². The number of nitrogens with zero attached hydrogens (tertiary/aromatic N) is 1. The summed E-state index contributed by atoms with van der Waals surface area (Å²) in [5.74, 6) is -1.72. The van der Waals surface area contributed by atoms with E-state index in [2.05, 4.69) is 4.72 Å². The predicted molar refractivity (Wildman–Crippen MR) is 150 cm³/mol. The normalized spacial score (nSPS) is 16.5. The summed E-state index contributed by atoms with van der Waals surface area (Å²) < 4.78 is 70.0. The van der Waals surface area contributed by atoms with E-state index < -0.39 is 42.5 Å². The largest absolute Gasteiger partial charge is 0.308 e. The molecule has 1 N–H and O–H groups in total. The van der Waals surface area contributed by atoms with Crippen molar-refractivity contribution in [1.82, 2.24) is 4.72 Å². The van der Waals surface area contributed by atoms with Gasteiger partial charge < -0.3 is 4.90 Å². The fourth-order valence-electron chi connectivity index (χ4n) is 4.80. The third-order valence-electron chi connectivity index (χ3n) is 6.64. The summed E-state index contributed by atoms with van der Waals surface area (Å²) in [4.78, 5) is 14.0. The Morgan fingerprint density at radius 3 is 2.33 bits per heavy atom. The standard InChI is InChI=1S/C28H24ClFN2O5S2/c1-38(34,35)27-23(18-6-3-2-4-7-18)13-14-25(26(27)30)32-15-5-8-24(28(32)33)31-39(36,37)22-12-10-19-16-21(29)11-9-20(19)17-22/h2-4,6-7,9-14,16-17,24,31H,5,8,15H2,1H3. The molecule has 7 nitrogen and oxygen atoms in total. The van der Waals surface area contributed by atoms with Gasteiger partial charge in [-0.25, -0.2) is 21.2 Å². The van der Waals surface area contributed by atoms with E-state index in [-0.39, 0.29) is 29.1 Å². The number of carbonyl (C=O) groups is 1. The van der Waals surface area contributed by atoms with E-state index in [1.807, 2.05) is 0 Å². The molecule has 1 fully saturated rings. The Hall–Kier alpha value is -3.31. The Bertz CT molecular complexity index is 1810. The lowest BCUT2D eigenvalue weighted by atomic mass is 10.0. The Morgan fingerprint density at radius 1 is 0.923 bits per heavy atom. The summed E-state index contributed by atoms with van der Waals surface area (Å²) in [6, 6.07) is 19.8. The first-order valence-corrected chi connectivity index (χ1v) is 15.8. The van der Waals surface area contributed by atoms with Crippen molar-refractivity contribution in [2.24, 2.45) is 0 Å². The third kappa shape index (κ3) is 5.42. The van der Waals surface area contributed by atoms with Crippen LogP contribution in [0.3, 0.4) is 0 Å². The summed E-state index contributed by atoms with van der Waals surface area (Å²) >= 11 is 6.01. The van der Waals surface area contributed by atoms with Gasteiger partial charge >= 0.3 is 0 Å². The molecule has 1 aliphatic rings. The second-order valence-corrected chi connectivity index (χ2v) is 13.5. The SMILES string of the molecule is CS(=O)(=O)c1c(-c2ccccc2)ccc(N2CCCC(NS(=O)(=O)c3ccc4cc(Cl)ccc4c3)C2=O)c1F. The molecule has 4 aromatic carbocycles. The topological polar surface area (TPSA) is 101 Å². The van der Waals surface area contributed by atoms with Gasteiger partial charge in [0, 0.05) is 23.4 Å². The van der Waals surface area contributed by atoms with Crippen molar-refractivity contribution in [3.8, 4) is 11.1 Å². The highest BCUT2D eigenvalue weighted by atomic mass is 35.5. The molecule has 0 saturated carbocycles. The molecule has 202 valence electrons. The van der Waals surface area contributed by atoms with E-state index in [1.165, 1.54) is 24.3 Å². The highest BCUT2D eigenvalue weighted by molar-refractivity contribution is 7.91. The first-order chi connectivity index (χ1) is 18.5. The minimum Gasteiger partial charge on any atom is -0.308 e. The number of hydrogen-bond acceptors (Lipinski definition) is 5. The third-order valence-corrected chi connectivity index (χ3v) is 9.49. The van der Waals surface area contributed by atoms with E-state index in [9.17, 15) is 21.6 Å². The predicted octanol–water partition coefficient (Wildman–Crippen LogP) is 5.18. The summed E-state index contributed by atoms with van der Waals surface area (Å²) in [5.41, 5.74) is 0.474. The van der Waals surface area contributed by atoms with E-state index in [0.29, 0.717) is 22.4 Å². The summed E-state index contributed by atoms with van der Waals surface area (Å²) in [6.07, 6.45) is 1.50. The first kappa shape index (κ1) is 27.3. The van der Waals surface area contributed by atoms with Crippen LogP contribution in [0.2, 0.25) is 5.02 Å². The molecule has 1 amide bonds. The number of fused-ring (bicyclic) bond motifs is 1. The van der Waals surface area contributed by atoms with Crippen LogP contribution in [0.25, 0.3) is 21.9 Å². The van der Waals surface area contributed by atoms with Gasteiger partial charge in [0.2, 0.25) is 15.9 Å². The number of sulfonamides is 1. The van der Waals surface area contributed by atoms with Crippen LogP contribution in [0.4, 0.5) is 10.1 Å². The van der Waals surface area contributed by atoms with Crippen LogP contribution in [-0.2, 0) is 24.7 Å². The molecule has 11 heteroatoms. The van der Waals surface area contributed by atoms with E-state index >= 15 is 4.39 Å². The molecule has 0 spiro atoms. The monoisotopic (exact) mass is 586 g/mol. The molecule has 0 bridgehead atoms. The second kappa shape index (κ2) is 10.3. The van der Waals surface area contributed by atoms with Crippen molar-refractivity contribution in [3.05, 3.63) is 89.7 Å². The zero-order chi connectivity index (χ0) is 27.9. The van der Waals surface area contributed by atoms with Gasteiger partial charge in [-0.2, -0.15) is 4.72 Å². The van der Waals surface area contributed by atoms with Gasteiger partial charge in [0.25, 0.3) is 0 Å². The number of nitrogens with one attached hydrogen (secondary N) is 1. The average molecular weight is 587 g/mol. The number of benzene rings is 4. The van der Waals surface area contributed by atoms with Crippen molar-refractivity contribution in [2.45, 2.75) is 28.7 Å². The number of hydrogen-bond donors (Lipinski definition) is 1. The zero-order valence-electron chi connectivity index (χ0n) is 20.8. The van der Waals surface area contributed by atoms with Gasteiger partial charge in [0.05, 0.1) is 10.6 Å². The Balaban J connectivity index is 1.47. The maximum Gasteiger partial charge on any atom is 0.245 e. The van der Waals surface area contributed by atoms with E-state index in [4.69, 9.17) is 11.6 Å². The number of sulfone groups is 1. The molecule has 1 unspecified atom stereocenters. The number of rotatable bonds is 6. The van der Waals surface area contributed by atoms with Crippen LogP contribution in [0.5, 0.6) is 0 Å². The number of anilines is 1. The maximum absolute atomic E-state index is 15.9. The first-order valence-electron chi connectivity index (χ1n) is 12.1. The molecule has 1 heterocycles. The van der Waals surface area contributed by atoms with Crippen LogP contribution in [0, 0.1) is 5.82 Å². The Labute approximate surface area is 231 Å². The molecule has 1 aliphatic heterocycles. The Morgan fingerprint density at radius 2 is 1.62 bits per heavy atom. The van der Waals surface area contributed by atoms with Crippen LogP contribution in [0.15, 0.2) is 88.7 Å². The number of halogens is 2. The summed E-state index contributed by atoms with van der Waals surface area (Å²) in [5, 5.41) is 1.94. The number of amides is 1. The van der Waals surface area contributed by atoms with Gasteiger partial charge in [-0.15, -0.1) is 0 Å². The zero-order valence-corrected chi connectivity index (χ0v) is 23.2. The lowest BCUT2D eigenvalue weighted by molar-refractivity contribution is -0.121. The van der Waals surface area contributed by atoms with E-state index in [0.717, 1.165) is 16.5 Å². The summed E-state index contributed by atoms with van der Waals surface area (Å²) in [7, 11) is -8.13. The minimum atomic E-state index is -4.10. The average Bonchev–Trinajstić information content (AvgIpc) is 2.89. The molecular formula is C28H24ClFN2O5S2. The van der Waals surface area contributed by atoms with E-state index in [1.54, 1.807) is 54.6 Å². The van der Waals surface area contributed by atoms with Crippen molar-refractivity contribution in [3.63, 3.8) is 0 Å². The molecule has 4 aromatic rings. The quantitative estimate of drug-likeness (QED) is 0.336. The van der Waals surface area contributed by atoms with Crippen molar-refractivity contribution < 1.29 is 26.0 Å². The van der Waals surface area contributed by atoms with Gasteiger partial charge in [0.1, 0.15) is 10.9 Å². The van der Waals surface area contributed by atoms with Crippen LogP contribution in [-0.4, -0.2) is 41.6 Å². The number of piperidine rings is 1. The smallest absolute Gasteiger partial charge is 0.245 e. The molecule has 39 heavy (non-hydrogen) atoms. The fourth-order valence-corrected chi connectivity index (χ4v) is 7.26. The van der Waals surface area contributed by atoms with Gasteiger partial charge in [-0.3, -0.25) is 4.79 Å². The highest BCUT2D eigenvalue weighted by Crippen LogP contribution is 2.36. The fraction of sp³-hybridized carbons (Fsp3) is 0.179. The molecule has 0 aromatic heterocycles. The van der Waals surface area contributed by atoms with Gasteiger partial charge in [-0.1, -0.05) is 60.1 Å².